The number of aliphatic carboxylic acids is 1. The molecule has 1 saturated heterocycles. The fourth-order valence-corrected chi connectivity index (χ4v) is 3.29. The third-order valence-corrected chi connectivity index (χ3v) is 4.28. The fraction of sp³-hybridized carbons (Fsp3) is 0.857. The lowest BCUT2D eigenvalue weighted by atomic mass is 9.97. The van der Waals surface area contributed by atoms with Crippen molar-refractivity contribution in [1.29, 1.82) is 0 Å². The molecule has 2 aliphatic rings. The molecule has 0 spiro atoms. The second-order valence-corrected chi connectivity index (χ2v) is 5.51. The van der Waals surface area contributed by atoms with Crippen LogP contribution in [0.15, 0.2) is 0 Å². The summed E-state index contributed by atoms with van der Waals surface area (Å²) in [6, 6.07) is 0.113. The number of nitrogens with zero attached hydrogens (tertiary/aromatic N) is 1. The average Bonchev–Trinajstić information content (AvgIpc) is 3.05. The zero-order chi connectivity index (χ0) is 13.8. The van der Waals surface area contributed by atoms with E-state index in [1.807, 2.05) is 6.92 Å². The van der Waals surface area contributed by atoms with E-state index in [1.165, 1.54) is 0 Å². The topological polar surface area (TPSA) is 66.8 Å². The maximum atomic E-state index is 12.6. The van der Waals surface area contributed by atoms with Crippen LogP contribution in [0, 0.1) is 5.92 Å². The third kappa shape index (κ3) is 3.26. The quantitative estimate of drug-likeness (QED) is 0.824. The largest absolute Gasteiger partial charge is 0.480 e. The van der Waals surface area contributed by atoms with Gasteiger partial charge in [0.15, 0.2) is 0 Å². The van der Waals surface area contributed by atoms with Gasteiger partial charge in [0.05, 0.1) is 12.0 Å². The number of carboxylic acid groups (broad SMARTS) is 1. The Hall–Kier alpha value is -1.10. The molecule has 19 heavy (non-hydrogen) atoms. The smallest absolute Gasteiger partial charge is 0.323 e. The molecule has 0 aromatic rings. The van der Waals surface area contributed by atoms with Crippen molar-refractivity contribution in [2.24, 2.45) is 5.92 Å². The van der Waals surface area contributed by atoms with Crippen molar-refractivity contribution in [3.05, 3.63) is 0 Å². The minimum Gasteiger partial charge on any atom is -0.480 e. The average molecular weight is 269 g/mol. The molecule has 1 aliphatic heterocycles. The number of carbonyl (C=O) groups is 2. The second-order valence-electron chi connectivity index (χ2n) is 5.51. The van der Waals surface area contributed by atoms with Gasteiger partial charge in [-0.25, -0.2) is 0 Å². The summed E-state index contributed by atoms with van der Waals surface area (Å²) in [5.41, 5.74) is 0. The molecule has 2 fully saturated rings. The van der Waals surface area contributed by atoms with Crippen LogP contribution in [-0.4, -0.2) is 47.2 Å². The first-order valence-corrected chi connectivity index (χ1v) is 7.27. The standard InChI is InChI=1S/C14H23NO4/c1-2-12-11(7-8-19-12)14(18)15(9-13(16)17)10-5-3-4-6-10/h10-12H,2-9H2,1H3,(H,16,17). The Bertz CT molecular complexity index is 338. The van der Waals surface area contributed by atoms with Crippen LogP contribution in [0.3, 0.4) is 0 Å². The molecule has 5 heteroatoms. The lowest BCUT2D eigenvalue weighted by Gasteiger charge is -2.31. The molecule has 1 aliphatic carbocycles. The van der Waals surface area contributed by atoms with E-state index in [1.54, 1.807) is 4.90 Å². The highest BCUT2D eigenvalue weighted by atomic mass is 16.5. The molecule has 1 amide bonds. The lowest BCUT2D eigenvalue weighted by Crippen LogP contribution is -2.46. The maximum absolute atomic E-state index is 12.6. The molecular formula is C14H23NO4. The minimum absolute atomic E-state index is 0.0151. The van der Waals surface area contributed by atoms with Gasteiger partial charge in [0, 0.05) is 12.6 Å². The summed E-state index contributed by atoms with van der Waals surface area (Å²) in [7, 11) is 0. The first-order chi connectivity index (χ1) is 9.13. The summed E-state index contributed by atoms with van der Waals surface area (Å²) in [5, 5.41) is 9.03. The van der Waals surface area contributed by atoms with E-state index in [0.717, 1.165) is 38.5 Å². The zero-order valence-corrected chi connectivity index (χ0v) is 11.5. The number of hydrogen-bond donors (Lipinski definition) is 1. The van der Waals surface area contributed by atoms with Gasteiger partial charge in [0.1, 0.15) is 6.54 Å². The van der Waals surface area contributed by atoms with E-state index in [-0.39, 0.29) is 30.5 Å². The Labute approximate surface area is 113 Å². The molecule has 2 atom stereocenters. The molecule has 0 radical (unpaired) electrons. The van der Waals surface area contributed by atoms with Crippen LogP contribution in [0.1, 0.15) is 45.4 Å². The van der Waals surface area contributed by atoms with Crippen molar-refractivity contribution < 1.29 is 19.4 Å². The van der Waals surface area contributed by atoms with Gasteiger partial charge in [-0.3, -0.25) is 9.59 Å². The SMILES string of the molecule is CCC1OCCC1C(=O)N(CC(=O)O)C1CCCC1. The third-order valence-electron chi connectivity index (χ3n) is 4.28. The molecule has 1 saturated carbocycles. The van der Waals surface area contributed by atoms with Gasteiger partial charge in [-0.2, -0.15) is 0 Å². The predicted octanol–water partition coefficient (Wildman–Crippen LogP) is 1.66. The molecule has 2 unspecified atom stereocenters. The molecule has 108 valence electrons. The Kier molecular flexibility index (Phi) is 4.80. The van der Waals surface area contributed by atoms with Crippen molar-refractivity contribution in [3.63, 3.8) is 0 Å². The monoisotopic (exact) mass is 269 g/mol. The highest BCUT2D eigenvalue weighted by Crippen LogP contribution is 2.30. The lowest BCUT2D eigenvalue weighted by molar-refractivity contribution is -0.149. The molecule has 1 heterocycles. The van der Waals surface area contributed by atoms with Gasteiger partial charge in [0.25, 0.3) is 0 Å². The molecule has 5 nitrogen and oxygen atoms in total. The number of amides is 1. The van der Waals surface area contributed by atoms with Crippen LogP contribution in [0.5, 0.6) is 0 Å². The van der Waals surface area contributed by atoms with Crippen LogP contribution >= 0.6 is 0 Å². The van der Waals surface area contributed by atoms with Crippen molar-refractivity contribution >= 4 is 11.9 Å². The fourth-order valence-electron chi connectivity index (χ4n) is 3.29. The van der Waals surface area contributed by atoms with E-state index in [0.29, 0.717) is 6.61 Å². The molecule has 0 aromatic heterocycles. The van der Waals surface area contributed by atoms with Crippen molar-refractivity contribution in [1.82, 2.24) is 4.90 Å². The van der Waals surface area contributed by atoms with Gasteiger partial charge in [-0.1, -0.05) is 19.8 Å². The van der Waals surface area contributed by atoms with Crippen LogP contribution in [0.25, 0.3) is 0 Å². The van der Waals surface area contributed by atoms with E-state index >= 15 is 0 Å². The van der Waals surface area contributed by atoms with E-state index in [9.17, 15) is 9.59 Å². The summed E-state index contributed by atoms with van der Waals surface area (Å²) in [6.45, 7) is 2.45. The highest BCUT2D eigenvalue weighted by Gasteiger charge is 2.38. The molecule has 2 rings (SSSR count). The van der Waals surface area contributed by atoms with E-state index in [2.05, 4.69) is 0 Å². The van der Waals surface area contributed by atoms with Gasteiger partial charge >= 0.3 is 5.97 Å². The van der Waals surface area contributed by atoms with Crippen molar-refractivity contribution in [2.75, 3.05) is 13.2 Å². The van der Waals surface area contributed by atoms with Gasteiger partial charge < -0.3 is 14.7 Å². The first kappa shape index (κ1) is 14.3. The number of ether oxygens (including phenoxy) is 1. The second kappa shape index (κ2) is 6.37. The number of hydrogen-bond acceptors (Lipinski definition) is 3. The van der Waals surface area contributed by atoms with Gasteiger partial charge in [0.2, 0.25) is 5.91 Å². The summed E-state index contributed by atoms with van der Waals surface area (Å²) in [6.07, 6.45) is 5.54. The van der Waals surface area contributed by atoms with Gasteiger partial charge in [-0.15, -0.1) is 0 Å². The van der Waals surface area contributed by atoms with Crippen LogP contribution in [0.2, 0.25) is 0 Å². The Balaban J connectivity index is 2.07. The molecule has 0 bridgehead atoms. The molecule has 0 aromatic carbocycles. The van der Waals surface area contributed by atoms with Crippen molar-refractivity contribution in [3.8, 4) is 0 Å². The van der Waals surface area contributed by atoms with Crippen LogP contribution in [0.4, 0.5) is 0 Å². The normalized spacial score (nSPS) is 27.6. The summed E-state index contributed by atoms with van der Waals surface area (Å²) in [5.74, 6) is -1.09. The Morgan fingerprint density at radius 3 is 2.53 bits per heavy atom. The number of rotatable bonds is 5. The molecule has 1 N–H and O–H groups in total. The van der Waals surface area contributed by atoms with Crippen molar-refractivity contribution in [2.45, 2.75) is 57.6 Å². The first-order valence-electron chi connectivity index (χ1n) is 7.27. The maximum Gasteiger partial charge on any atom is 0.323 e. The van der Waals surface area contributed by atoms with Crippen LogP contribution in [-0.2, 0) is 14.3 Å². The van der Waals surface area contributed by atoms with Crippen LogP contribution < -0.4 is 0 Å². The van der Waals surface area contributed by atoms with E-state index < -0.39 is 5.97 Å². The molecular weight excluding hydrogens is 246 g/mol. The number of carbonyl (C=O) groups excluding carboxylic acids is 1. The summed E-state index contributed by atoms with van der Waals surface area (Å²) >= 11 is 0. The Morgan fingerprint density at radius 1 is 1.26 bits per heavy atom. The highest BCUT2D eigenvalue weighted by molar-refractivity contribution is 5.84. The summed E-state index contributed by atoms with van der Waals surface area (Å²) < 4.78 is 5.56. The predicted molar refractivity (Wildman–Crippen MR) is 69.7 cm³/mol. The number of carboxylic acids is 1. The van der Waals surface area contributed by atoms with Gasteiger partial charge in [-0.05, 0) is 25.7 Å². The zero-order valence-electron chi connectivity index (χ0n) is 11.5. The minimum atomic E-state index is -0.924. The van der Waals surface area contributed by atoms with E-state index in [4.69, 9.17) is 9.84 Å². The summed E-state index contributed by atoms with van der Waals surface area (Å²) in [4.78, 5) is 25.2. The Morgan fingerprint density at radius 2 is 1.95 bits per heavy atom.